The Balaban J connectivity index is 2.36. The van der Waals surface area contributed by atoms with Gasteiger partial charge in [-0.05, 0) is 32.4 Å². The van der Waals surface area contributed by atoms with Gasteiger partial charge < -0.3 is 10.2 Å². The highest BCUT2D eigenvalue weighted by Crippen LogP contribution is 2.28. The van der Waals surface area contributed by atoms with E-state index in [4.69, 9.17) is 4.99 Å². The first kappa shape index (κ1) is 15.8. The Labute approximate surface area is 117 Å². The van der Waals surface area contributed by atoms with Gasteiger partial charge in [0.15, 0.2) is 5.17 Å². The normalized spacial score (nSPS) is 20.6. The molecule has 0 spiro atoms. The van der Waals surface area contributed by atoms with Crippen LogP contribution in [0.25, 0.3) is 0 Å². The van der Waals surface area contributed by atoms with E-state index in [9.17, 15) is 0 Å². The summed E-state index contributed by atoms with van der Waals surface area (Å²) in [5, 5.41) is 4.78. The Bertz CT molecular complexity index is 262. The Morgan fingerprint density at radius 3 is 2.44 bits per heavy atom. The van der Waals surface area contributed by atoms with E-state index in [2.05, 4.69) is 37.9 Å². The first-order chi connectivity index (χ1) is 8.69. The van der Waals surface area contributed by atoms with Gasteiger partial charge >= 0.3 is 0 Å². The zero-order valence-electron chi connectivity index (χ0n) is 12.5. The van der Waals surface area contributed by atoms with Crippen LogP contribution in [0.3, 0.4) is 0 Å². The fraction of sp³-hybridized carbons (Fsp3) is 0.929. The molecule has 106 valence electrons. The van der Waals surface area contributed by atoms with Crippen molar-refractivity contribution in [1.82, 2.24) is 10.2 Å². The van der Waals surface area contributed by atoms with Crippen LogP contribution < -0.4 is 5.32 Å². The fourth-order valence-electron chi connectivity index (χ4n) is 2.26. The molecule has 1 rings (SSSR count). The van der Waals surface area contributed by atoms with Gasteiger partial charge in [-0.15, -0.1) is 0 Å². The summed E-state index contributed by atoms with van der Waals surface area (Å²) in [5.74, 6) is 1.17. The molecule has 1 fully saturated rings. The van der Waals surface area contributed by atoms with E-state index in [0.717, 1.165) is 24.8 Å². The van der Waals surface area contributed by atoms with E-state index >= 15 is 0 Å². The summed E-state index contributed by atoms with van der Waals surface area (Å²) in [7, 11) is 0. The number of rotatable bonds is 8. The number of thioether (sulfide) groups is 1. The lowest BCUT2D eigenvalue weighted by Crippen LogP contribution is -2.42. The standard InChI is InChI=1S/C14H29N3S/c1-5-10-17(8-4)11-9-15-13-16-14(6-2,7-3)12-18-13/h5-12H2,1-4H3,(H,15,16). The highest BCUT2D eigenvalue weighted by atomic mass is 32.2. The monoisotopic (exact) mass is 271 g/mol. The fourth-order valence-corrected chi connectivity index (χ4v) is 3.62. The number of likely N-dealkylation sites (N-methyl/N-ethyl adjacent to an activating group) is 1. The van der Waals surface area contributed by atoms with Gasteiger partial charge in [-0.1, -0.05) is 39.5 Å². The third kappa shape index (κ3) is 4.47. The van der Waals surface area contributed by atoms with E-state index in [1.54, 1.807) is 0 Å². The molecule has 0 unspecified atom stereocenters. The molecule has 0 aromatic heterocycles. The maximum absolute atomic E-state index is 4.71. The van der Waals surface area contributed by atoms with Gasteiger partial charge in [-0.2, -0.15) is 0 Å². The molecule has 0 amide bonds. The van der Waals surface area contributed by atoms with Crippen LogP contribution in [-0.2, 0) is 0 Å². The molecule has 0 bridgehead atoms. The molecule has 1 aliphatic heterocycles. The molecule has 0 atom stereocenters. The van der Waals surface area contributed by atoms with Crippen LogP contribution in [0.2, 0.25) is 0 Å². The van der Waals surface area contributed by atoms with E-state index in [1.807, 2.05) is 11.8 Å². The predicted octanol–water partition coefficient (Wildman–Crippen LogP) is 2.97. The minimum Gasteiger partial charge on any atom is -0.359 e. The first-order valence-electron chi connectivity index (χ1n) is 7.37. The molecule has 4 heteroatoms. The molecule has 1 saturated heterocycles. The number of aliphatic imine (C=N–C) groups is 1. The molecule has 1 aliphatic rings. The van der Waals surface area contributed by atoms with E-state index < -0.39 is 0 Å². The molecule has 0 radical (unpaired) electrons. The van der Waals surface area contributed by atoms with E-state index in [-0.39, 0.29) is 0 Å². The highest BCUT2D eigenvalue weighted by Gasteiger charge is 2.33. The molecule has 1 heterocycles. The minimum absolute atomic E-state index is 0.303. The second-order valence-electron chi connectivity index (χ2n) is 5.02. The maximum atomic E-state index is 4.71. The van der Waals surface area contributed by atoms with Crippen LogP contribution in [0.15, 0.2) is 4.99 Å². The largest absolute Gasteiger partial charge is 0.359 e. The lowest BCUT2D eigenvalue weighted by Gasteiger charge is -2.25. The van der Waals surface area contributed by atoms with Crippen LogP contribution >= 0.6 is 11.8 Å². The highest BCUT2D eigenvalue weighted by molar-refractivity contribution is 8.14. The third-order valence-corrected chi connectivity index (χ3v) is 5.07. The average molecular weight is 271 g/mol. The molecular weight excluding hydrogens is 242 g/mol. The summed E-state index contributed by atoms with van der Waals surface area (Å²) in [4.78, 5) is 7.18. The quantitative estimate of drug-likeness (QED) is 0.735. The first-order valence-corrected chi connectivity index (χ1v) is 8.36. The average Bonchev–Trinajstić information content (AvgIpc) is 2.82. The molecular formula is C14H29N3S. The third-order valence-electron chi connectivity index (χ3n) is 3.87. The second-order valence-corrected chi connectivity index (χ2v) is 5.99. The molecule has 0 saturated carbocycles. The number of nitrogens with one attached hydrogen (secondary N) is 1. The SMILES string of the molecule is CCCN(CC)CCN=C1NC(CC)(CC)CS1. The van der Waals surface area contributed by atoms with Crippen LogP contribution in [0.1, 0.15) is 47.0 Å². The van der Waals surface area contributed by atoms with Crippen molar-refractivity contribution in [2.24, 2.45) is 4.99 Å². The summed E-state index contributed by atoms with van der Waals surface area (Å²) in [6.07, 6.45) is 3.60. The number of amidine groups is 1. The van der Waals surface area contributed by atoms with Gasteiger partial charge in [0, 0.05) is 17.8 Å². The van der Waals surface area contributed by atoms with Crippen molar-refractivity contribution in [3.63, 3.8) is 0 Å². The molecule has 0 aromatic carbocycles. The lowest BCUT2D eigenvalue weighted by atomic mass is 9.96. The van der Waals surface area contributed by atoms with E-state index in [1.165, 1.54) is 31.6 Å². The molecule has 1 N–H and O–H groups in total. The van der Waals surface area contributed by atoms with Gasteiger partial charge in [0.25, 0.3) is 0 Å². The summed E-state index contributed by atoms with van der Waals surface area (Å²) < 4.78 is 0. The van der Waals surface area contributed by atoms with Crippen molar-refractivity contribution in [2.45, 2.75) is 52.5 Å². The summed E-state index contributed by atoms with van der Waals surface area (Å²) >= 11 is 1.89. The van der Waals surface area contributed by atoms with Crippen molar-refractivity contribution >= 4 is 16.9 Å². The zero-order chi connectivity index (χ0) is 13.4. The van der Waals surface area contributed by atoms with Crippen molar-refractivity contribution in [3.05, 3.63) is 0 Å². The van der Waals surface area contributed by atoms with Crippen LogP contribution in [0, 0.1) is 0 Å². The van der Waals surface area contributed by atoms with Crippen molar-refractivity contribution in [3.8, 4) is 0 Å². The van der Waals surface area contributed by atoms with Crippen LogP contribution in [0.4, 0.5) is 0 Å². The van der Waals surface area contributed by atoms with Crippen molar-refractivity contribution < 1.29 is 0 Å². The molecule has 0 aromatic rings. The second kappa shape index (κ2) is 8.05. The van der Waals surface area contributed by atoms with E-state index in [0.29, 0.717) is 5.54 Å². The van der Waals surface area contributed by atoms with Gasteiger partial charge in [0.05, 0.1) is 6.54 Å². The topological polar surface area (TPSA) is 27.6 Å². The van der Waals surface area contributed by atoms with Gasteiger partial charge in [-0.3, -0.25) is 4.99 Å². The molecule has 18 heavy (non-hydrogen) atoms. The minimum atomic E-state index is 0.303. The molecule has 3 nitrogen and oxygen atoms in total. The Morgan fingerprint density at radius 2 is 1.94 bits per heavy atom. The Kier molecular flexibility index (Phi) is 7.08. The number of nitrogens with zero attached hydrogens (tertiary/aromatic N) is 2. The van der Waals surface area contributed by atoms with Gasteiger partial charge in [-0.25, -0.2) is 0 Å². The summed E-state index contributed by atoms with van der Waals surface area (Å²) in [5.41, 5.74) is 0.303. The van der Waals surface area contributed by atoms with Crippen LogP contribution in [-0.4, -0.2) is 47.5 Å². The van der Waals surface area contributed by atoms with Gasteiger partial charge in [0.1, 0.15) is 0 Å². The summed E-state index contributed by atoms with van der Waals surface area (Å²) in [6, 6.07) is 0. The lowest BCUT2D eigenvalue weighted by molar-refractivity contribution is 0.297. The Hall–Kier alpha value is -0.220. The van der Waals surface area contributed by atoms with Crippen molar-refractivity contribution in [2.75, 3.05) is 31.9 Å². The zero-order valence-corrected chi connectivity index (χ0v) is 13.3. The summed E-state index contributed by atoms with van der Waals surface area (Å²) in [6.45, 7) is 13.3. The van der Waals surface area contributed by atoms with Gasteiger partial charge in [0.2, 0.25) is 0 Å². The molecule has 0 aliphatic carbocycles. The number of hydrogen-bond acceptors (Lipinski definition) is 3. The Morgan fingerprint density at radius 1 is 1.22 bits per heavy atom. The maximum Gasteiger partial charge on any atom is 0.157 e. The van der Waals surface area contributed by atoms with Crippen LogP contribution in [0.5, 0.6) is 0 Å². The van der Waals surface area contributed by atoms with Crippen molar-refractivity contribution in [1.29, 1.82) is 0 Å². The number of hydrogen-bond donors (Lipinski definition) is 1. The smallest absolute Gasteiger partial charge is 0.157 e. The predicted molar refractivity (Wildman–Crippen MR) is 83.6 cm³/mol.